The van der Waals surface area contributed by atoms with Crippen LogP contribution in [0.4, 0.5) is 0 Å². The first-order chi connectivity index (χ1) is 26.2. The van der Waals surface area contributed by atoms with E-state index in [2.05, 4.69) is 183 Å². The molecule has 0 aliphatic heterocycles. The summed E-state index contributed by atoms with van der Waals surface area (Å²) in [5.41, 5.74) is 9.27. The molecule has 9 aromatic carbocycles. The Morgan fingerprint density at radius 2 is 0.811 bits per heavy atom. The van der Waals surface area contributed by atoms with Crippen molar-refractivity contribution in [3.63, 3.8) is 0 Å². The molecule has 0 spiro atoms. The van der Waals surface area contributed by atoms with Crippen molar-refractivity contribution in [3.05, 3.63) is 181 Å². The van der Waals surface area contributed by atoms with E-state index in [9.17, 15) is 0 Å². The van der Waals surface area contributed by atoms with Crippen LogP contribution in [0.2, 0.25) is 0 Å². The third-order valence-electron chi connectivity index (χ3n) is 11.0. The van der Waals surface area contributed by atoms with Crippen molar-refractivity contribution in [2.24, 2.45) is 0 Å². The van der Waals surface area contributed by atoms with E-state index in [0.717, 1.165) is 0 Å². The van der Waals surface area contributed by atoms with E-state index in [4.69, 9.17) is 0 Å². The van der Waals surface area contributed by atoms with Crippen LogP contribution in [-0.4, -0.2) is 14.5 Å². The van der Waals surface area contributed by atoms with Crippen LogP contribution in [0.5, 0.6) is 0 Å². The second kappa shape index (κ2) is 12.2. The third-order valence-corrected chi connectivity index (χ3v) is 14.5. The Labute approximate surface area is 318 Å². The zero-order valence-electron chi connectivity index (χ0n) is 29.1. The molecule has 0 amide bonds. The van der Waals surface area contributed by atoms with E-state index >= 15 is 0 Å². The monoisotopic (exact) mass is 756 g/mol. The second-order valence-corrected chi connectivity index (χ2v) is 17.4. The van der Waals surface area contributed by atoms with E-state index in [1.165, 1.54) is 111 Å². The van der Waals surface area contributed by atoms with Gasteiger partial charge in [-0.2, -0.15) is 0 Å². The Morgan fingerprint density at radius 3 is 1.36 bits per heavy atom. The van der Waals surface area contributed by atoms with Crippen LogP contribution in [-0.2, 0) is 0 Å². The van der Waals surface area contributed by atoms with E-state index in [1.54, 1.807) is 0 Å². The molecule has 0 aliphatic rings. The number of hydrogen-bond donors (Lipinski definition) is 0. The van der Waals surface area contributed by atoms with Gasteiger partial charge in [0.15, 0.2) is 0 Å². The van der Waals surface area contributed by atoms with Crippen LogP contribution in [0.25, 0.3) is 106 Å². The maximum absolute atomic E-state index is 2.38. The fourth-order valence-corrected chi connectivity index (χ4v) is 12.4. The number of hydrogen-bond acceptors (Lipinski definition) is 1. The van der Waals surface area contributed by atoms with Gasteiger partial charge in [0.2, 0.25) is 0 Å². The molecule has 0 saturated heterocycles. The average Bonchev–Trinajstić information content (AvgIpc) is 3.82. The van der Waals surface area contributed by atoms with Gasteiger partial charge in [-0.3, -0.25) is 0 Å². The fraction of sp³-hybridized carbons (Fsp3) is 0.0196. The molecule has 0 unspecified atom stereocenters. The van der Waals surface area contributed by atoms with Crippen LogP contribution in [0.1, 0.15) is 4.88 Å². The van der Waals surface area contributed by atoms with Gasteiger partial charge in [-0.1, -0.05) is 0 Å². The molecule has 2 aromatic heterocycles. The second-order valence-electron chi connectivity index (χ2n) is 13.9. The summed E-state index contributed by atoms with van der Waals surface area (Å²) < 4.78 is 2.93. The first-order valence-corrected chi connectivity index (χ1v) is 20.7. The van der Waals surface area contributed by atoms with Crippen LogP contribution in [0, 0.1) is 6.92 Å². The van der Waals surface area contributed by atoms with Crippen LogP contribution >= 0.6 is 11.3 Å². The van der Waals surface area contributed by atoms with Gasteiger partial charge in [-0.05, 0) is 0 Å². The predicted molar refractivity (Wildman–Crippen MR) is 233 cm³/mol. The standard InChI is InChI=1S/C51H32SSe/c1-31-29-30-44(52-31)49-39-23-11-9-21-37(39)48(38-22-10-12-24-40(38)49)42-26-13-27-43-50-41(25-14-28-45(50)53-51(42)43)47-35-19-7-5-17-33(35)46(32-15-3-2-4-16-32)34-18-6-8-20-36(34)47/h2-30H,1H3. The van der Waals surface area contributed by atoms with E-state index in [0.29, 0.717) is 0 Å². The summed E-state index contributed by atoms with van der Waals surface area (Å²) in [7, 11) is 0. The number of fused-ring (bicyclic) bond motifs is 7. The Kier molecular flexibility index (Phi) is 7.07. The summed E-state index contributed by atoms with van der Waals surface area (Å²) in [5, 5.41) is 13.2. The topological polar surface area (TPSA) is 0 Å². The molecule has 0 saturated carbocycles. The number of aryl methyl sites for hydroxylation is 1. The van der Waals surface area contributed by atoms with Gasteiger partial charge in [0.05, 0.1) is 0 Å². The molecule has 0 atom stereocenters. The zero-order chi connectivity index (χ0) is 35.0. The molecule has 11 rings (SSSR count). The summed E-state index contributed by atoms with van der Waals surface area (Å²) in [4.78, 5) is 2.67. The van der Waals surface area contributed by atoms with E-state index < -0.39 is 0 Å². The Hall–Kier alpha value is -5.76. The van der Waals surface area contributed by atoms with Crippen molar-refractivity contribution in [3.8, 4) is 43.8 Å². The number of rotatable bonds is 4. The summed E-state index contributed by atoms with van der Waals surface area (Å²) in [5.74, 6) is 0. The third kappa shape index (κ3) is 4.67. The SMILES string of the molecule is Cc1ccc(-c2c3ccccc3c(-c3cccc4c3[se]c3cccc(-c5c6ccccc6c(-c6ccccc6)c6ccccc56)c34)c3ccccc23)s1. The van der Waals surface area contributed by atoms with Crippen molar-refractivity contribution in [1.82, 2.24) is 0 Å². The predicted octanol–water partition coefficient (Wildman–Crippen LogP) is 14.7. The molecule has 2 heterocycles. The minimum absolute atomic E-state index is 0.137. The van der Waals surface area contributed by atoms with Gasteiger partial charge in [0.25, 0.3) is 0 Å². The van der Waals surface area contributed by atoms with Crippen molar-refractivity contribution in [2.75, 3.05) is 0 Å². The molecule has 0 bridgehead atoms. The molecule has 11 aromatic rings. The van der Waals surface area contributed by atoms with Crippen LogP contribution in [0.3, 0.4) is 0 Å². The quantitative estimate of drug-likeness (QED) is 0.124. The van der Waals surface area contributed by atoms with E-state index in [1.807, 2.05) is 11.3 Å². The normalized spacial score (nSPS) is 11.9. The van der Waals surface area contributed by atoms with Crippen LogP contribution < -0.4 is 0 Å². The van der Waals surface area contributed by atoms with Crippen molar-refractivity contribution >= 4 is 88.2 Å². The zero-order valence-corrected chi connectivity index (χ0v) is 31.6. The molecule has 2 heteroatoms. The maximum atomic E-state index is 2.38. The molecule has 0 radical (unpaired) electrons. The summed E-state index contributed by atoms with van der Waals surface area (Å²) in [6.45, 7) is 2.21. The average molecular weight is 756 g/mol. The van der Waals surface area contributed by atoms with Gasteiger partial charge in [-0.15, -0.1) is 0 Å². The van der Waals surface area contributed by atoms with Gasteiger partial charge in [-0.25, -0.2) is 0 Å². The molecule has 0 aliphatic carbocycles. The minimum atomic E-state index is 0.137. The Balaban J connectivity index is 1.24. The summed E-state index contributed by atoms with van der Waals surface area (Å²) in [6.07, 6.45) is 0. The van der Waals surface area contributed by atoms with Gasteiger partial charge in [0.1, 0.15) is 0 Å². The number of benzene rings is 9. The molecule has 0 nitrogen and oxygen atoms in total. The van der Waals surface area contributed by atoms with Crippen molar-refractivity contribution < 1.29 is 0 Å². The molecule has 0 fully saturated rings. The number of thiophene rings is 1. The first kappa shape index (κ1) is 30.8. The molecule has 248 valence electrons. The van der Waals surface area contributed by atoms with Gasteiger partial charge in [0, 0.05) is 0 Å². The molecule has 53 heavy (non-hydrogen) atoms. The fourth-order valence-electron chi connectivity index (χ4n) is 8.84. The molecular weight excluding hydrogens is 724 g/mol. The molecule has 0 N–H and O–H groups in total. The Bertz CT molecular complexity index is 3120. The molecular formula is C51H32SSe. The summed E-state index contributed by atoms with van der Waals surface area (Å²) in [6, 6.07) is 65.7. The Morgan fingerprint density at radius 1 is 0.358 bits per heavy atom. The van der Waals surface area contributed by atoms with Crippen LogP contribution in [0.15, 0.2) is 176 Å². The van der Waals surface area contributed by atoms with Crippen molar-refractivity contribution in [2.45, 2.75) is 6.92 Å². The van der Waals surface area contributed by atoms with Crippen molar-refractivity contribution in [1.29, 1.82) is 0 Å². The van der Waals surface area contributed by atoms with E-state index in [-0.39, 0.29) is 14.5 Å². The van der Waals surface area contributed by atoms with Gasteiger partial charge < -0.3 is 0 Å². The first-order valence-electron chi connectivity index (χ1n) is 18.2. The van der Waals surface area contributed by atoms with Gasteiger partial charge >= 0.3 is 320 Å². The summed E-state index contributed by atoms with van der Waals surface area (Å²) >= 11 is 2.02.